The monoisotopic (exact) mass is 802 g/mol. The molecule has 6 aliphatic carbocycles. The third-order valence-corrected chi connectivity index (χ3v) is 14.7. The van der Waals surface area contributed by atoms with Crippen LogP contribution in [0, 0.1) is 55.1 Å². The van der Waals surface area contributed by atoms with Gasteiger partial charge in [0.2, 0.25) is 0 Å². The Morgan fingerprint density at radius 2 is 1.22 bits per heavy atom. The predicted octanol–water partition coefficient (Wildman–Crippen LogP) is 14.0. The SMILES string of the molecule is CC(C)(C)c1[c-]c2c(cc1)-c1ccc(C(C)(C)C)cc1C2.CC1=[C-]C(C)C=C1CC12CC3CC(CC(C3)C1)C2.Cc1ccc([C](=[Zr+2])c2ccc(C)cc2)cc1. The van der Waals surface area contributed by atoms with Gasteiger partial charge in [-0.05, 0) is 90.1 Å². The van der Waals surface area contributed by atoms with E-state index in [1.807, 2.05) is 0 Å². The Morgan fingerprint density at radius 3 is 1.69 bits per heavy atom. The third kappa shape index (κ3) is 9.30. The summed E-state index contributed by atoms with van der Waals surface area (Å²) in [5.74, 6) is 3.82. The van der Waals surface area contributed by atoms with E-state index >= 15 is 0 Å². The maximum atomic E-state index is 3.67. The molecule has 6 aliphatic rings. The molecule has 0 heterocycles. The summed E-state index contributed by atoms with van der Waals surface area (Å²) >= 11 is 1.46. The summed E-state index contributed by atoms with van der Waals surface area (Å²) in [7, 11) is 0. The van der Waals surface area contributed by atoms with Gasteiger partial charge < -0.3 is 0 Å². The van der Waals surface area contributed by atoms with Crippen LogP contribution in [-0.4, -0.2) is 3.21 Å². The number of rotatable bonds is 4. The van der Waals surface area contributed by atoms with Gasteiger partial charge in [-0.1, -0.05) is 91.5 Å². The van der Waals surface area contributed by atoms with E-state index in [4.69, 9.17) is 0 Å². The number of hydrogen-bond acceptors (Lipinski definition) is 0. The molecule has 4 bridgehead atoms. The fourth-order valence-electron chi connectivity index (χ4n) is 10.6. The predicted molar refractivity (Wildman–Crippen MR) is 231 cm³/mol. The molecule has 0 amide bonds. The molecule has 0 N–H and O–H groups in total. The second kappa shape index (κ2) is 15.8. The van der Waals surface area contributed by atoms with E-state index in [1.54, 1.807) is 44.1 Å². The molecule has 4 saturated carbocycles. The average Bonchev–Trinajstić information content (AvgIpc) is 3.64. The van der Waals surface area contributed by atoms with Crippen molar-refractivity contribution in [1.29, 1.82) is 0 Å². The molecule has 55 heavy (non-hydrogen) atoms. The fourth-order valence-corrected chi connectivity index (χ4v) is 11.5. The molecule has 0 saturated heterocycles. The molecule has 1 atom stereocenters. The van der Waals surface area contributed by atoms with Gasteiger partial charge in [-0.15, -0.1) is 11.1 Å². The van der Waals surface area contributed by atoms with Crippen molar-refractivity contribution in [3.8, 4) is 11.1 Å². The molecule has 0 aromatic heterocycles. The first-order valence-corrected chi connectivity index (χ1v) is 22.4. The van der Waals surface area contributed by atoms with Crippen LogP contribution >= 0.6 is 0 Å². The molecule has 284 valence electrons. The quantitative estimate of drug-likeness (QED) is 0.159. The van der Waals surface area contributed by atoms with Crippen LogP contribution in [0.4, 0.5) is 0 Å². The van der Waals surface area contributed by atoms with E-state index in [9.17, 15) is 0 Å². The van der Waals surface area contributed by atoms with Crippen LogP contribution in [0.3, 0.4) is 0 Å². The van der Waals surface area contributed by atoms with Gasteiger partial charge in [0.1, 0.15) is 0 Å². The van der Waals surface area contributed by atoms with E-state index in [0.29, 0.717) is 11.3 Å². The van der Waals surface area contributed by atoms with E-state index in [2.05, 4.69) is 166 Å². The Balaban J connectivity index is 0.000000128. The number of hydrogen-bond donors (Lipinski definition) is 0. The molecular formula is C54H64Zr. The molecule has 0 aliphatic heterocycles. The van der Waals surface area contributed by atoms with Crippen LogP contribution in [0.2, 0.25) is 0 Å². The molecule has 0 spiro atoms. The van der Waals surface area contributed by atoms with Crippen LogP contribution in [0.1, 0.15) is 145 Å². The van der Waals surface area contributed by atoms with Crippen LogP contribution in [0.15, 0.2) is 96.1 Å². The number of benzene rings is 4. The van der Waals surface area contributed by atoms with Crippen molar-refractivity contribution in [2.75, 3.05) is 0 Å². The summed E-state index contributed by atoms with van der Waals surface area (Å²) in [6.45, 7) is 22.4. The fraction of sp³-hybridized carbons (Fsp3) is 0.463. The summed E-state index contributed by atoms with van der Waals surface area (Å²) in [4.78, 5) is 0. The molecule has 10 rings (SSSR count). The van der Waals surface area contributed by atoms with Gasteiger partial charge in [0, 0.05) is 0 Å². The minimum absolute atomic E-state index is 0.167. The number of aryl methyl sites for hydroxylation is 2. The molecule has 4 fully saturated rings. The van der Waals surface area contributed by atoms with Crippen LogP contribution in [0.5, 0.6) is 0 Å². The van der Waals surface area contributed by atoms with Crippen molar-refractivity contribution >= 4 is 3.21 Å². The zero-order chi connectivity index (χ0) is 39.3. The Morgan fingerprint density at radius 1 is 0.691 bits per heavy atom. The zero-order valence-electron chi connectivity index (χ0n) is 35.5. The van der Waals surface area contributed by atoms with E-state index in [1.165, 1.54) is 95.1 Å². The molecule has 0 radical (unpaired) electrons. The van der Waals surface area contributed by atoms with Gasteiger partial charge >= 0.3 is 112 Å². The molecule has 1 unspecified atom stereocenters. The summed E-state index contributed by atoms with van der Waals surface area (Å²) in [6, 6.07) is 32.7. The number of allylic oxidation sites excluding steroid dienone is 4. The zero-order valence-corrected chi connectivity index (χ0v) is 38.0. The van der Waals surface area contributed by atoms with Gasteiger partial charge in [0.25, 0.3) is 0 Å². The Kier molecular flexibility index (Phi) is 11.6. The van der Waals surface area contributed by atoms with E-state index in [0.717, 1.165) is 24.2 Å². The van der Waals surface area contributed by atoms with Gasteiger partial charge in [-0.2, -0.15) is 35.4 Å². The first kappa shape index (κ1) is 40.3. The van der Waals surface area contributed by atoms with Crippen molar-refractivity contribution in [2.24, 2.45) is 29.1 Å². The molecular weight excluding hydrogens is 740 g/mol. The van der Waals surface area contributed by atoms with Crippen LogP contribution in [-0.2, 0) is 41.5 Å². The first-order chi connectivity index (χ1) is 25.9. The normalized spacial score (nSPS) is 24.5. The summed E-state index contributed by atoms with van der Waals surface area (Å²) in [6.07, 6.45) is 17.8. The van der Waals surface area contributed by atoms with Crippen molar-refractivity contribution in [3.63, 3.8) is 0 Å². The van der Waals surface area contributed by atoms with E-state index < -0.39 is 0 Å². The van der Waals surface area contributed by atoms with Gasteiger partial charge in [0.05, 0.1) is 0 Å². The van der Waals surface area contributed by atoms with Crippen LogP contribution in [0.25, 0.3) is 11.1 Å². The second-order valence-corrected chi connectivity index (χ2v) is 21.5. The maximum absolute atomic E-state index is 3.67. The van der Waals surface area contributed by atoms with Gasteiger partial charge in [-0.25, -0.2) is 5.57 Å². The van der Waals surface area contributed by atoms with Gasteiger partial charge in [-0.3, -0.25) is 6.08 Å². The Hall–Kier alpha value is -2.89. The molecule has 4 aromatic rings. The number of fused-ring (bicyclic) bond motifs is 3. The van der Waals surface area contributed by atoms with Crippen LogP contribution < -0.4 is 0 Å². The van der Waals surface area contributed by atoms with Crippen molar-refractivity contribution in [1.82, 2.24) is 0 Å². The van der Waals surface area contributed by atoms with E-state index in [-0.39, 0.29) is 10.8 Å². The molecule has 1 heteroatoms. The van der Waals surface area contributed by atoms with Crippen molar-refractivity contribution in [3.05, 3.63) is 153 Å². The second-order valence-electron chi connectivity index (χ2n) is 20.3. The minimum atomic E-state index is 0.167. The van der Waals surface area contributed by atoms with Crippen molar-refractivity contribution in [2.45, 2.75) is 131 Å². The molecule has 4 aromatic carbocycles. The standard InChI is InChI=1S/C21H25.C18H25.C15H14.Zr/c1-20(2,3)16-7-9-18-14(12-16)11-15-13-17(21(4,5)6)8-10-19(15)18;1-12-3-13(2)17(4-12)11-18-8-14-5-15(9-18)7-16(6-14)10-18;1-12-3-7-14(8-4-12)11-15-9-5-13(2)6-10-15;/h7-10,12H,11H2,1-6H3;4,12,14-16H,5-11H2,1-2H3;3-10H,1-2H3;/q2*-1;;+2. The van der Waals surface area contributed by atoms with Crippen molar-refractivity contribution < 1.29 is 24.2 Å². The third-order valence-electron chi connectivity index (χ3n) is 13.3. The first-order valence-electron chi connectivity index (χ1n) is 21.2. The summed E-state index contributed by atoms with van der Waals surface area (Å²) < 4.78 is 1.42. The summed E-state index contributed by atoms with van der Waals surface area (Å²) in [5.41, 5.74) is 17.8. The average molecular weight is 804 g/mol. The Bertz CT molecular complexity index is 1940. The van der Waals surface area contributed by atoms with Gasteiger partial charge in [0.15, 0.2) is 0 Å². The molecule has 0 nitrogen and oxygen atoms in total. The summed E-state index contributed by atoms with van der Waals surface area (Å²) in [5, 5.41) is 0. The topological polar surface area (TPSA) is 0 Å². The Labute approximate surface area is 349 Å².